The van der Waals surface area contributed by atoms with E-state index in [1.54, 1.807) is 31.2 Å². The van der Waals surface area contributed by atoms with Gasteiger partial charge in [0.05, 0.1) is 16.8 Å². The summed E-state index contributed by atoms with van der Waals surface area (Å²) < 4.78 is 13.8. The lowest BCUT2D eigenvalue weighted by Gasteiger charge is -2.16. The summed E-state index contributed by atoms with van der Waals surface area (Å²) in [6, 6.07) is 11.3. The van der Waals surface area contributed by atoms with Crippen LogP contribution in [0.2, 0.25) is 0 Å². The minimum atomic E-state index is -0.600. The van der Waals surface area contributed by atoms with E-state index in [9.17, 15) is 14.0 Å². The summed E-state index contributed by atoms with van der Waals surface area (Å²) in [6.07, 6.45) is 2.14. The van der Waals surface area contributed by atoms with Crippen LogP contribution in [0, 0.1) is 12.7 Å². The highest BCUT2D eigenvalue weighted by molar-refractivity contribution is 6.09. The van der Waals surface area contributed by atoms with Crippen molar-refractivity contribution in [3.05, 3.63) is 65.0 Å². The lowest BCUT2D eigenvalue weighted by molar-refractivity contribution is 0.0951. The van der Waals surface area contributed by atoms with Crippen molar-refractivity contribution in [2.75, 3.05) is 18.4 Å². The number of amides is 2. The van der Waals surface area contributed by atoms with Gasteiger partial charge in [-0.15, -0.1) is 12.4 Å². The minimum Gasteiger partial charge on any atom is -0.350 e. The Hall–Kier alpha value is -2.44. The molecule has 1 unspecified atom stereocenters. The molecule has 1 aliphatic heterocycles. The normalized spacial score (nSPS) is 15.7. The van der Waals surface area contributed by atoms with Crippen LogP contribution in [0.5, 0.6) is 0 Å². The number of halogens is 2. The van der Waals surface area contributed by atoms with Crippen molar-refractivity contribution < 1.29 is 14.0 Å². The smallest absolute Gasteiger partial charge is 0.258 e. The van der Waals surface area contributed by atoms with Crippen molar-refractivity contribution in [1.29, 1.82) is 0 Å². The molecule has 1 atom stereocenters. The molecule has 0 aromatic heterocycles. The number of benzene rings is 2. The fourth-order valence-electron chi connectivity index (χ4n) is 3.09. The molecule has 0 aliphatic carbocycles. The van der Waals surface area contributed by atoms with Gasteiger partial charge < -0.3 is 16.0 Å². The van der Waals surface area contributed by atoms with E-state index in [4.69, 9.17) is 0 Å². The SMILES string of the molecule is Cc1cccc(C(=O)NCC2CCCN2)c1NC(=O)c1ccccc1F.Cl. The van der Waals surface area contributed by atoms with Gasteiger partial charge >= 0.3 is 0 Å². The van der Waals surface area contributed by atoms with Crippen molar-refractivity contribution >= 4 is 29.9 Å². The van der Waals surface area contributed by atoms with Crippen LogP contribution < -0.4 is 16.0 Å². The topological polar surface area (TPSA) is 70.2 Å². The van der Waals surface area contributed by atoms with Crippen molar-refractivity contribution in [1.82, 2.24) is 10.6 Å². The molecule has 144 valence electrons. The van der Waals surface area contributed by atoms with Crippen LogP contribution in [0.15, 0.2) is 42.5 Å². The summed E-state index contributed by atoms with van der Waals surface area (Å²) in [5.74, 6) is -1.44. The maximum atomic E-state index is 13.8. The molecule has 2 amide bonds. The Labute approximate surface area is 164 Å². The van der Waals surface area contributed by atoms with E-state index in [2.05, 4.69) is 16.0 Å². The molecule has 7 heteroatoms. The van der Waals surface area contributed by atoms with Gasteiger partial charge in [-0.3, -0.25) is 9.59 Å². The molecule has 27 heavy (non-hydrogen) atoms. The average molecular weight is 392 g/mol. The zero-order valence-electron chi connectivity index (χ0n) is 15.0. The van der Waals surface area contributed by atoms with E-state index < -0.39 is 11.7 Å². The third-order valence-electron chi connectivity index (χ3n) is 4.55. The van der Waals surface area contributed by atoms with Crippen molar-refractivity contribution in [2.45, 2.75) is 25.8 Å². The highest BCUT2D eigenvalue weighted by Gasteiger charge is 2.20. The number of hydrogen-bond acceptors (Lipinski definition) is 3. The lowest BCUT2D eigenvalue weighted by Crippen LogP contribution is -2.37. The molecule has 0 bridgehead atoms. The predicted molar refractivity (Wildman–Crippen MR) is 106 cm³/mol. The van der Waals surface area contributed by atoms with Gasteiger partial charge in [-0.1, -0.05) is 24.3 Å². The number of hydrogen-bond donors (Lipinski definition) is 3. The lowest BCUT2D eigenvalue weighted by atomic mass is 10.1. The van der Waals surface area contributed by atoms with Gasteiger partial charge in [0, 0.05) is 12.6 Å². The minimum absolute atomic E-state index is 0. The molecule has 3 N–H and O–H groups in total. The molecule has 0 radical (unpaired) electrons. The van der Waals surface area contributed by atoms with Crippen LogP contribution in [0.3, 0.4) is 0 Å². The summed E-state index contributed by atoms with van der Waals surface area (Å²) in [7, 11) is 0. The van der Waals surface area contributed by atoms with Crippen LogP contribution in [0.1, 0.15) is 39.1 Å². The molecule has 0 saturated carbocycles. The van der Waals surface area contributed by atoms with Crippen LogP contribution in [-0.2, 0) is 0 Å². The largest absolute Gasteiger partial charge is 0.350 e. The first-order valence-electron chi connectivity index (χ1n) is 8.73. The third kappa shape index (κ3) is 5.05. The van der Waals surface area contributed by atoms with E-state index in [1.165, 1.54) is 18.2 Å². The van der Waals surface area contributed by atoms with Crippen molar-refractivity contribution in [3.63, 3.8) is 0 Å². The van der Waals surface area contributed by atoms with E-state index in [0.29, 0.717) is 17.8 Å². The summed E-state index contributed by atoms with van der Waals surface area (Å²) >= 11 is 0. The molecule has 0 spiro atoms. The van der Waals surface area contributed by atoms with Crippen LogP contribution in [-0.4, -0.2) is 30.9 Å². The van der Waals surface area contributed by atoms with Gasteiger partial charge in [0.1, 0.15) is 5.82 Å². The molecular formula is C20H23ClFN3O2. The summed E-state index contributed by atoms with van der Waals surface area (Å²) in [4.78, 5) is 25.0. The van der Waals surface area contributed by atoms with Gasteiger partial charge in [0.2, 0.25) is 0 Å². The monoisotopic (exact) mass is 391 g/mol. The zero-order chi connectivity index (χ0) is 18.5. The Balaban J connectivity index is 0.00000261. The summed E-state index contributed by atoms with van der Waals surface area (Å²) in [5.41, 5.74) is 1.45. The molecule has 1 fully saturated rings. The highest BCUT2D eigenvalue weighted by Crippen LogP contribution is 2.22. The van der Waals surface area contributed by atoms with Gasteiger partial charge in [-0.05, 0) is 50.1 Å². The second-order valence-corrected chi connectivity index (χ2v) is 6.43. The van der Waals surface area contributed by atoms with E-state index in [-0.39, 0.29) is 29.9 Å². The van der Waals surface area contributed by atoms with Crippen LogP contribution in [0.25, 0.3) is 0 Å². The first-order valence-corrected chi connectivity index (χ1v) is 8.73. The number of carbonyl (C=O) groups is 2. The molecule has 3 rings (SSSR count). The first kappa shape index (κ1) is 20.9. The van der Waals surface area contributed by atoms with Gasteiger partial charge in [-0.25, -0.2) is 4.39 Å². The van der Waals surface area contributed by atoms with Gasteiger partial charge in [-0.2, -0.15) is 0 Å². The van der Waals surface area contributed by atoms with E-state index in [1.807, 2.05) is 0 Å². The van der Waals surface area contributed by atoms with E-state index in [0.717, 1.165) is 24.9 Å². The molecule has 2 aromatic carbocycles. The molecule has 1 aliphatic rings. The average Bonchev–Trinajstić information content (AvgIpc) is 3.15. The molecule has 2 aromatic rings. The fourth-order valence-corrected chi connectivity index (χ4v) is 3.09. The maximum absolute atomic E-state index is 13.8. The summed E-state index contributed by atoms with van der Waals surface area (Å²) in [6.45, 7) is 3.30. The standard InChI is InChI=1S/C20H22FN3O2.ClH/c1-13-6-4-9-16(19(25)23-12-14-7-5-11-22-14)18(13)24-20(26)15-8-2-3-10-17(15)21;/h2-4,6,8-10,14,22H,5,7,11-12H2,1H3,(H,23,25)(H,24,26);1H. The highest BCUT2D eigenvalue weighted by atomic mass is 35.5. The Morgan fingerprint density at radius 3 is 2.56 bits per heavy atom. The third-order valence-corrected chi connectivity index (χ3v) is 4.55. The Kier molecular flexibility index (Phi) is 7.33. The first-order chi connectivity index (χ1) is 12.6. The number of carbonyl (C=O) groups excluding carboxylic acids is 2. The van der Waals surface area contributed by atoms with Crippen molar-refractivity contribution in [3.8, 4) is 0 Å². The molecule has 1 heterocycles. The van der Waals surface area contributed by atoms with Gasteiger partial charge in [0.15, 0.2) is 0 Å². The number of nitrogens with one attached hydrogen (secondary N) is 3. The number of para-hydroxylation sites is 1. The Morgan fingerprint density at radius 2 is 1.85 bits per heavy atom. The number of aryl methyl sites for hydroxylation is 1. The van der Waals surface area contributed by atoms with Gasteiger partial charge in [0.25, 0.3) is 11.8 Å². The predicted octanol–water partition coefficient (Wildman–Crippen LogP) is 3.29. The number of anilines is 1. The van der Waals surface area contributed by atoms with Crippen LogP contribution in [0.4, 0.5) is 10.1 Å². The van der Waals surface area contributed by atoms with Crippen LogP contribution >= 0.6 is 12.4 Å². The van der Waals surface area contributed by atoms with Crippen molar-refractivity contribution in [2.24, 2.45) is 0 Å². The Bertz CT molecular complexity index is 823. The quantitative estimate of drug-likeness (QED) is 0.732. The second-order valence-electron chi connectivity index (χ2n) is 6.43. The fraction of sp³-hybridized carbons (Fsp3) is 0.300. The molecular weight excluding hydrogens is 369 g/mol. The molecule has 5 nitrogen and oxygen atoms in total. The summed E-state index contributed by atoms with van der Waals surface area (Å²) in [5, 5.41) is 8.92. The van der Waals surface area contributed by atoms with E-state index >= 15 is 0 Å². The number of rotatable bonds is 5. The maximum Gasteiger partial charge on any atom is 0.258 e. The second kappa shape index (κ2) is 9.48. The Morgan fingerprint density at radius 1 is 1.11 bits per heavy atom. The zero-order valence-corrected chi connectivity index (χ0v) is 15.9. The molecule has 1 saturated heterocycles.